The van der Waals surface area contributed by atoms with Crippen LogP contribution >= 0.6 is 0 Å². The Bertz CT molecular complexity index is 1350. The fourth-order valence-corrected chi connectivity index (χ4v) is 6.15. The molecule has 1 aliphatic rings. The molecule has 160 valence electrons. The number of Topliss-reactive ketones (excluding diaryl/α,β-unsaturated/α-hetero) is 1. The lowest BCUT2D eigenvalue weighted by molar-refractivity contribution is 0.101. The van der Waals surface area contributed by atoms with Crippen LogP contribution in [-0.2, 0) is 26.5 Å². The predicted molar refractivity (Wildman–Crippen MR) is 118 cm³/mol. The fraction of sp³-hybridized carbons (Fsp3) is 0.136. The third-order valence-corrected chi connectivity index (χ3v) is 8.29. The average molecular weight is 457 g/mol. The molecular weight excluding hydrogens is 436 g/mol. The van der Waals surface area contributed by atoms with Gasteiger partial charge in [-0.05, 0) is 49.2 Å². The molecule has 0 spiro atoms. The maximum absolute atomic E-state index is 13.3. The number of rotatable bonds is 6. The molecule has 1 heterocycles. The van der Waals surface area contributed by atoms with Crippen molar-refractivity contribution in [3.8, 4) is 0 Å². The van der Waals surface area contributed by atoms with Gasteiger partial charge in [-0.3, -0.25) is 13.8 Å². The molecule has 1 aliphatic heterocycles. The molecule has 0 unspecified atom stereocenters. The van der Waals surface area contributed by atoms with Gasteiger partial charge >= 0.3 is 0 Å². The van der Waals surface area contributed by atoms with E-state index in [4.69, 9.17) is 0 Å². The summed E-state index contributed by atoms with van der Waals surface area (Å²) < 4.78 is 56.0. The van der Waals surface area contributed by atoms with Crippen LogP contribution in [0.5, 0.6) is 0 Å². The Morgan fingerprint density at radius 3 is 2.16 bits per heavy atom. The van der Waals surface area contributed by atoms with Crippen molar-refractivity contribution in [2.75, 3.05) is 15.6 Å². The highest BCUT2D eigenvalue weighted by Crippen LogP contribution is 2.39. The van der Waals surface area contributed by atoms with Crippen LogP contribution in [0.25, 0.3) is 0 Å². The number of hydrogen-bond acceptors (Lipinski definition) is 5. The molecule has 0 fully saturated rings. The molecule has 1 N–H and O–H groups in total. The second-order valence-electron chi connectivity index (χ2n) is 7.14. The lowest BCUT2D eigenvalue weighted by atomic mass is 10.1. The van der Waals surface area contributed by atoms with E-state index in [2.05, 4.69) is 4.72 Å². The van der Waals surface area contributed by atoms with Gasteiger partial charge in [-0.15, -0.1) is 0 Å². The van der Waals surface area contributed by atoms with Gasteiger partial charge in [0.2, 0.25) is 0 Å². The van der Waals surface area contributed by atoms with Gasteiger partial charge in [0.15, 0.2) is 5.78 Å². The smallest absolute Gasteiger partial charge is 0.264 e. The molecule has 3 aromatic rings. The van der Waals surface area contributed by atoms with E-state index in [-0.39, 0.29) is 27.8 Å². The highest BCUT2D eigenvalue weighted by Gasteiger charge is 2.34. The summed E-state index contributed by atoms with van der Waals surface area (Å²) >= 11 is 0. The number of carbonyl (C=O) groups is 1. The van der Waals surface area contributed by atoms with Crippen LogP contribution in [0.1, 0.15) is 22.8 Å². The lowest BCUT2D eigenvalue weighted by Gasteiger charge is -2.22. The molecule has 0 saturated carbocycles. The highest BCUT2D eigenvalue weighted by molar-refractivity contribution is 7.93. The third-order valence-electron chi connectivity index (χ3n) is 5.10. The van der Waals surface area contributed by atoms with Gasteiger partial charge < -0.3 is 0 Å². The van der Waals surface area contributed by atoms with E-state index in [0.717, 1.165) is 5.56 Å². The second-order valence-corrected chi connectivity index (χ2v) is 10.7. The zero-order chi connectivity index (χ0) is 22.2. The number of para-hydroxylation sites is 1. The zero-order valence-electron chi connectivity index (χ0n) is 16.6. The van der Waals surface area contributed by atoms with Crippen molar-refractivity contribution in [3.63, 3.8) is 0 Å². The van der Waals surface area contributed by atoms with Gasteiger partial charge in [-0.25, -0.2) is 16.8 Å². The van der Waals surface area contributed by atoms with Crippen molar-refractivity contribution < 1.29 is 21.6 Å². The van der Waals surface area contributed by atoms with Gasteiger partial charge in [0.1, 0.15) is 0 Å². The maximum atomic E-state index is 13.3. The summed E-state index contributed by atoms with van der Waals surface area (Å²) in [4.78, 5) is 11.6. The predicted octanol–water partition coefficient (Wildman–Crippen LogP) is 3.44. The molecule has 0 radical (unpaired) electrons. The second kappa shape index (κ2) is 7.82. The van der Waals surface area contributed by atoms with Crippen LogP contribution in [0.2, 0.25) is 0 Å². The Hall–Kier alpha value is -3.17. The molecular formula is C22H20N2O5S2. The number of carbonyl (C=O) groups excluding carboxylic acids is 1. The molecule has 0 aliphatic carbocycles. The first kappa shape index (κ1) is 21.1. The van der Waals surface area contributed by atoms with Crippen molar-refractivity contribution in [2.24, 2.45) is 0 Å². The summed E-state index contributed by atoms with van der Waals surface area (Å²) in [7, 11) is -7.84. The molecule has 4 rings (SSSR count). The number of benzene rings is 3. The normalized spacial score (nSPS) is 13.6. The van der Waals surface area contributed by atoms with Crippen molar-refractivity contribution >= 4 is 37.2 Å². The molecule has 0 bridgehead atoms. The van der Waals surface area contributed by atoms with Crippen LogP contribution in [0, 0.1) is 0 Å². The Labute approximate surface area is 181 Å². The highest BCUT2D eigenvalue weighted by atomic mass is 32.2. The van der Waals surface area contributed by atoms with Crippen molar-refractivity contribution in [3.05, 3.63) is 83.9 Å². The quantitative estimate of drug-likeness (QED) is 0.573. The van der Waals surface area contributed by atoms with Crippen LogP contribution in [0.4, 0.5) is 11.4 Å². The summed E-state index contributed by atoms with van der Waals surface area (Å²) in [6.07, 6.45) is 0.459. The number of nitrogens with one attached hydrogen (secondary N) is 1. The van der Waals surface area contributed by atoms with E-state index in [1.807, 2.05) is 0 Å². The molecule has 7 nitrogen and oxygen atoms in total. The first-order valence-electron chi connectivity index (χ1n) is 9.54. The van der Waals surface area contributed by atoms with Crippen LogP contribution < -0.4 is 9.03 Å². The SMILES string of the molecule is CC(=O)c1ccc(S(=O)(=O)N2CCc3cccc(NS(=O)(=O)c4ccccc4)c32)cc1. The van der Waals surface area contributed by atoms with E-state index in [1.165, 1.54) is 47.6 Å². The van der Waals surface area contributed by atoms with E-state index in [9.17, 15) is 21.6 Å². The van der Waals surface area contributed by atoms with Crippen LogP contribution in [0.15, 0.2) is 82.6 Å². The minimum absolute atomic E-state index is 0.0334. The number of nitrogens with zero attached hydrogens (tertiary/aromatic N) is 1. The molecule has 0 amide bonds. The number of fused-ring (bicyclic) bond motifs is 1. The van der Waals surface area contributed by atoms with Gasteiger partial charge in [0, 0.05) is 12.1 Å². The number of sulfonamides is 2. The first-order valence-corrected chi connectivity index (χ1v) is 12.5. The Balaban J connectivity index is 1.74. The summed E-state index contributed by atoms with van der Waals surface area (Å²) in [5.74, 6) is -0.159. The monoisotopic (exact) mass is 456 g/mol. The van der Waals surface area contributed by atoms with E-state index in [1.54, 1.807) is 36.4 Å². The average Bonchev–Trinajstić information content (AvgIpc) is 3.20. The fourth-order valence-electron chi connectivity index (χ4n) is 3.54. The Morgan fingerprint density at radius 2 is 1.52 bits per heavy atom. The maximum Gasteiger partial charge on any atom is 0.264 e. The topological polar surface area (TPSA) is 101 Å². The summed E-state index contributed by atoms with van der Waals surface area (Å²) in [6.45, 7) is 1.60. The number of anilines is 2. The van der Waals surface area contributed by atoms with Crippen molar-refractivity contribution in [2.45, 2.75) is 23.1 Å². The van der Waals surface area contributed by atoms with E-state index in [0.29, 0.717) is 17.7 Å². The standard InChI is InChI=1S/C22H20N2O5S2/c1-16(25)17-10-12-20(13-11-17)31(28,29)24-15-14-18-6-5-9-21(22(18)24)23-30(26,27)19-7-3-2-4-8-19/h2-13,23H,14-15H2,1H3. The largest absolute Gasteiger partial charge is 0.295 e. The van der Waals surface area contributed by atoms with E-state index >= 15 is 0 Å². The van der Waals surface area contributed by atoms with Gasteiger partial charge in [0.25, 0.3) is 20.0 Å². The minimum atomic E-state index is -3.95. The van der Waals surface area contributed by atoms with E-state index < -0.39 is 20.0 Å². The lowest BCUT2D eigenvalue weighted by Crippen LogP contribution is -2.30. The van der Waals surface area contributed by atoms with Gasteiger partial charge in [-0.2, -0.15) is 0 Å². The molecule has 0 aromatic heterocycles. The minimum Gasteiger partial charge on any atom is -0.295 e. The van der Waals surface area contributed by atoms with Gasteiger partial charge in [0.05, 0.1) is 21.2 Å². The van der Waals surface area contributed by atoms with Crippen molar-refractivity contribution in [1.29, 1.82) is 0 Å². The molecule has 9 heteroatoms. The summed E-state index contributed by atoms with van der Waals surface area (Å²) in [5.41, 5.74) is 1.66. The molecule has 31 heavy (non-hydrogen) atoms. The number of hydrogen-bond donors (Lipinski definition) is 1. The molecule has 3 aromatic carbocycles. The summed E-state index contributed by atoms with van der Waals surface area (Å²) in [6, 6.07) is 18.6. The summed E-state index contributed by atoms with van der Waals surface area (Å²) in [5, 5.41) is 0. The Morgan fingerprint density at radius 1 is 0.839 bits per heavy atom. The first-order chi connectivity index (χ1) is 14.7. The Kier molecular flexibility index (Phi) is 5.32. The third kappa shape index (κ3) is 3.94. The number of ketones is 1. The van der Waals surface area contributed by atoms with Crippen LogP contribution in [-0.4, -0.2) is 29.2 Å². The van der Waals surface area contributed by atoms with Gasteiger partial charge in [-0.1, -0.05) is 42.5 Å². The molecule has 0 saturated heterocycles. The molecule has 0 atom stereocenters. The van der Waals surface area contributed by atoms with Crippen molar-refractivity contribution in [1.82, 2.24) is 0 Å². The zero-order valence-corrected chi connectivity index (χ0v) is 18.3. The van der Waals surface area contributed by atoms with Crippen LogP contribution in [0.3, 0.4) is 0 Å².